The van der Waals surface area contributed by atoms with Crippen molar-refractivity contribution in [1.29, 1.82) is 0 Å². The number of likely N-dealkylation sites (tertiary alicyclic amines) is 1. The normalized spacial score (nSPS) is 17.5. The number of piperidine rings is 1. The van der Waals surface area contributed by atoms with Crippen molar-refractivity contribution in [3.05, 3.63) is 24.0 Å². The Hall–Kier alpha value is -3.17. The molecule has 0 bridgehead atoms. The summed E-state index contributed by atoms with van der Waals surface area (Å²) in [4.78, 5) is 29.7. The lowest BCUT2D eigenvalue weighted by Gasteiger charge is -2.36. The predicted molar refractivity (Wildman–Crippen MR) is 135 cm³/mol. The van der Waals surface area contributed by atoms with Crippen molar-refractivity contribution in [1.82, 2.24) is 19.9 Å². The third kappa shape index (κ3) is 6.49. The molecule has 35 heavy (non-hydrogen) atoms. The summed E-state index contributed by atoms with van der Waals surface area (Å²) in [6, 6.07) is 5.19. The number of ether oxygens (including phenoxy) is 1. The summed E-state index contributed by atoms with van der Waals surface area (Å²) >= 11 is 0. The Morgan fingerprint density at radius 2 is 1.74 bits per heavy atom. The molecular weight excluding hydrogens is 449 g/mol. The van der Waals surface area contributed by atoms with Crippen LogP contribution in [0.25, 0.3) is 0 Å². The number of nitrogens with one attached hydrogen (secondary N) is 2. The van der Waals surface area contributed by atoms with Crippen LogP contribution in [0.4, 0.5) is 27.9 Å². The first-order valence-electron chi connectivity index (χ1n) is 12.5. The molecule has 1 aromatic carbocycles. The smallest absolute Gasteiger partial charge is 0.233 e. The zero-order valence-electron chi connectivity index (χ0n) is 20.9. The molecule has 1 aliphatic heterocycles. The Kier molecular flexibility index (Phi) is 8.20. The van der Waals surface area contributed by atoms with Gasteiger partial charge in [-0.1, -0.05) is 25.7 Å². The lowest BCUT2D eigenvalue weighted by atomic mass is 10.0. The fourth-order valence-corrected chi connectivity index (χ4v) is 4.85. The van der Waals surface area contributed by atoms with Gasteiger partial charge >= 0.3 is 0 Å². The Balaban J connectivity index is 1.56. The van der Waals surface area contributed by atoms with Crippen LogP contribution in [0.3, 0.4) is 0 Å². The van der Waals surface area contributed by atoms with Crippen LogP contribution in [0, 0.1) is 5.82 Å². The predicted octanol–water partition coefficient (Wildman–Crippen LogP) is 4.34. The van der Waals surface area contributed by atoms with E-state index in [0.29, 0.717) is 29.6 Å². The van der Waals surface area contributed by atoms with Gasteiger partial charge in [-0.3, -0.25) is 4.79 Å². The molecule has 0 atom stereocenters. The molecule has 1 saturated carbocycles. The van der Waals surface area contributed by atoms with Gasteiger partial charge in [-0.05, 0) is 37.8 Å². The lowest BCUT2D eigenvalue weighted by Crippen LogP contribution is -2.45. The van der Waals surface area contributed by atoms with E-state index in [1.54, 1.807) is 19.1 Å². The maximum Gasteiger partial charge on any atom is 0.233 e. The van der Waals surface area contributed by atoms with E-state index in [4.69, 9.17) is 9.72 Å². The van der Waals surface area contributed by atoms with Crippen molar-refractivity contribution in [3.63, 3.8) is 0 Å². The van der Waals surface area contributed by atoms with Crippen molar-refractivity contribution < 1.29 is 13.9 Å². The monoisotopic (exact) mass is 485 g/mol. The molecule has 1 amide bonds. The number of hydrogen-bond acceptors (Lipinski definition) is 8. The van der Waals surface area contributed by atoms with E-state index in [1.165, 1.54) is 38.9 Å². The molecule has 1 aromatic heterocycles. The molecule has 2 aliphatic rings. The second-order valence-corrected chi connectivity index (χ2v) is 9.44. The summed E-state index contributed by atoms with van der Waals surface area (Å²) in [5.41, 5.74) is 0.526. The second-order valence-electron chi connectivity index (χ2n) is 9.44. The first kappa shape index (κ1) is 24.9. The first-order valence-corrected chi connectivity index (χ1v) is 12.5. The second kappa shape index (κ2) is 11.5. The number of halogens is 1. The third-order valence-corrected chi connectivity index (χ3v) is 6.99. The highest BCUT2D eigenvalue weighted by atomic mass is 19.1. The van der Waals surface area contributed by atoms with Crippen LogP contribution in [0.5, 0.6) is 5.75 Å². The highest BCUT2D eigenvalue weighted by Crippen LogP contribution is 2.26. The van der Waals surface area contributed by atoms with E-state index in [2.05, 4.69) is 25.5 Å². The Bertz CT molecular complexity index is 1010. The van der Waals surface area contributed by atoms with E-state index < -0.39 is 5.82 Å². The SMILES string of the molecule is COc1ccc(Nc2nc(NC3CCCCCC3)nc(N(C)C3CCN(C(C)=O)CC3)n2)cc1F. The van der Waals surface area contributed by atoms with Crippen LogP contribution in [0.15, 0.2) is 18.2 Å². The fraction of sp³-hybridized carbons (Fsp3) is 0.600. The minimum atomic E-state index is -0.460. The maximum atomic E-state index is 14.3. The number of nitrogens with zero attached hydrogens (tertiary/aromatic N) is 5. The van der Waals surface area contributed by atoms with Crippen molar-refractivity contribution in [3.8, 4) is 5.75 Å². The molecule has 0 unspecified atom stereocenters. The van der Waals surface area contributed by atoms with Crippen LogP contribution < -0.4 is 20.3 Å². The lowest BCUT2D eigenvalue weighted by molar-refractivity contribution is -0.129. The number of carbonyl (C=O) groups is 1. The molecule has 10 heteroatoms. The number of benzene rings is 1. The molecule has 190 valence electrons. The van der Waals surface area contributed by atoms with E-state index in [-0.39, 0.29) is 17.7 Å². The molecular formula is C25H36FN7O2. The molecule has 2 aromatic rings. The van der Waals surface area contributed by atoms with Crippen molar-refractivity contribution >= 4 is 29.4 Å². The molecule has 2 heterocycles. The highest BCUT2D eigenvalue weighted by Gasteiger charge is 2.26. The topological polar surface area (TPSA) is 95.5 Å². The summed E-state index contributed by atoms with van der Waals surface area (Å²) < 4.78 is 19.3. The molecule has 4 rings (SSSR count). The van der Waals surface area contributed by atoms with E-state index in [1.807, 2.05) is 11.9 Å². The van der Waals surface area contributed by atoms with Crippen LogP contribution in [-0.4, -0.2) is 65.1 Å². The largest absolute Gasteiger partial charge is 0.494 e. The summed E-state index contributed by atoms with van der Waals surface area (Å²) in [5, 5.41) is 6.65. The number of rotatable bonds is 7. The van der Waals surface area contributed by atoms with E-state index >= 15 is 0 Å². The standard InChI is InChI=1S/C25H36FN7O2/c1-17(34)33-14-12-20(13-15-33)32(2)25-30-23(27-18-8-6-4-5-7-9-18)29-24(31-25)28-19-10-11-22(35-3)21(26)16-19/h10-11,16,18,20H,4-9,12-15H2,1-3H3,(H2,27,28,29,30,31). The van der Waals surface area contributed by atoms with Gasteiger partial charge in [0.15, 0.2) is 11.6 Å². The zero-order chi connectivity index (χ0) is 24.8. The van der Waals surface area contributed by atoms with Crippen LogP contribution in [0.1, 0.15) is 58.3 Å². The molecule has 2 fully saturated rings. The molecule has 1 aliphatic carbocycles. The fourth-order valence-electron chi connectivity index (χ4n) is 4.85. The van der Waals surface area contributed by atoms with Gasteiger partial charge in [-0.15, -0.1) is 0 Å². The number of amides is 1. The number of methoxy groups -OCH3 is 1. The summed E-state index contributed by atoms with van der Waals surface area (Å²) in [5.74, 6) is 1.25. The van der Waals surface area contributed by atoms with Crippen LogP contribution in [0.2, 0.25) is 0 Å². The Morgan fingerprint density at radius 3 is 2.37 bits per heavy atom. The number of anilines is 4. The summed E-state index contributed by atoms with van der Waals surface area (Å²) in [7, 11) is 3.42. The van der Waals surface area contributed by atoms with Crippen molar-refractivity contribution in [2.75, 3.05) is 42.8 Å². The van der Waals surface area contributed by atoms with Gasteiger partial charge in [-0.25, -0.2) is 4.39 Å². The first-order chi connectivity index (χ1) is 16.9. The molecule has 0 spiro atoms. The Morgan fingerprint density at radius 1 is 1.06 bits per heavy atom. The van der Waals surface area contributed by atoms with Crippen LogP contribution in [-0.2, 0) is 4.79 Å². The van der Waals surface area contributed by atoms with Gasteiger partial charge in [0, 0.05) is 50.9 Å². The van der Waals surface area contributed by atoms with Gasteiger partial charge in [0.25, 0.3) is 0 Å². The average molecular weight is 486 g/mol. The quantitative estimate of drug-likeness (QED) is 0.559. The van der Waals surface area contributed by atoms with Gasteiger partial charge in [0.2, 0.25) is 23.8 Å². The van der Waals surface area contributed by atoms with Gasteiger partial charge in [-0.2, -0.15) is 15.0 Å². The molecule has 0 radical (unpaired) electrons. The number of carbonyl (C=O) groups excluding carboxylic acids is 1. The maximum absolute atomic E-state index is 14.3. The van der Waals surface area contributed by atoms with E-state index in [0.717, 1.165) is 38.8 Å². The van der Waals surface area contributed by atoms with E-state index in [9.17, 15) is 9.18 Å². The minimum absolute atomic E-state index is 0.111. The minimum Gasteiger partial charge on any atom is -0.494 e. The van der Waals surface area contributed by atoms with Crippen molar-refractivity contribution in [2.45, 2.75) is 70.4 Å². The molecule has 9 nitrogen and oxygen atoms in total. The van der Waals surface area contributed by atoms with Crippen molar-refractivity contribution in [2.24, 2.45) is 0 Å². The van der Waals surface area contributed by atoms with Gasteiger partial charge in [0.05, 0.1) is 7.11 Å². The van der Waals surface area contributed by atoms with Gasteiger partial charge < -0.3 is 25.2 Å². The van der Waals surface area contributed by atoms with Crippen LogP contribution >= 0.6 is 0 Å². The number of aromatic nitrogens is 3. The highest BCUT2D eigenvalue weighted by molar-refractivity contribution is 5.73. The molecule has 2 N–H and O–H groups in total. The molecule has 1 saturated heterocycles. The Labute approximate surface area is 206 Å². The number of hydrogen-bond donors (Lipinski definition) is 2. The summed E-state index contributed by atoms with van der Waals surface area (Å²) in [6.45, 7) is 3.05. The summed E-state index contributed by atoms with van der Waals surface area (Å²) in [6.07, 6.45) is 8.79. The average Bonchev–Trinajstić information content (AvgIpc) is 3.12. The zero-order valence-corrected chi connectivity index (χ0v) is 20.9. The third-order valence-electron chi connectivity index (χ3n) is 6.99. The van der Waals surface area contributed by atoms with Gasteiger partial charge in [0.1, 0.15) is 0 Å².